The number of nitrogens with two attached hydrogens (primary N) is 1. The van der Waals surface area contributed by atoms with Gasteiger partial charge in [0.2, 0.25) is 17.6 Å². The minimum absolute atomic E-state index is 0.0126. The number of anilines is 2. The van der Waals surface area contributed by atoms with Crippen LogP contribution in [0.5, 0.6) is 11.5 Å². The van der Waals surface area contributed by atoms with Crippen molar-refractivity contribution < 1.29 is 28.7 Å². The third kappa shape index (κ3) is 7.82. The number of amides is 4. The maximum atomic E-state index is 13.5. The molecule has 1 fully saturated rings. The van der Waals surface area contributed by atoms with Gasteiger partial charge in [0.1, 0.15) is 11.6 Å². The summed E-state index contributed by atoms with van der Waals surface area (Å²) in [7, 11) is 3.21. The van der Waals surface area contributed by atoms with Crippen molar-refractivity contribution in [2.75, 3.05) is 24.3 Å². The summed E-state index contributed by atoms with van der Waals surface area (Å²) in [6.45, 7) is 0.894. The number of para-hydroxylation sites is 1. The molecule has 4 N–H and O–H groups in total. The fraction of sp³-hybridized carbons (Fsp3) is 0.214. The summed E-state index contributed by atoms with van der Waals surface area (Å²) in [4.78, 5) is 67.3. The van der Waals surface area contributed by atoms with Crippen LogP contribution in [-0.2, 0) is 24.9 Å². The number of benzene rings is 4. The summed E-state index contributed by atoms with van der Waals surface area (Å²) >= 11 is 1.42. The van der Waals surface area contributed by atoms with Crippen LogP contribution in [0.4, 0.5) is 17.2 Å². The smallest absolute Gasteiger partial charge is 0.291 e. The molecule has 0 unspecified atom stereocenters. The highest BCUT2D eigenvalue weighted by molar-refractivity contribution is 7.21. The predicted octanol–water partition coefficient (Wildman–Crippen LogP) is 6.53. The zero-order valence-electron chi connectivity index (χ0n) is 31.2. The number of hydrogen-bond donors (Lipinski definition) is 3. The lowest BCUT2D eigenvalue weighted by Gasteiger charge is -2.32. The van der Waals surface area contributed by atoms with Crippen molar-refractivity contribution in [1.29, 1.82) is 0 Å². The van der Waals surface area contributed by atoms with Crippen molar-refractivity contribution in [3.05, 3.63) is 113 Å². The van der Waals surface area contributed by atoms with Crippen LogP contribution >= 0.6 is 11.3 Å². The fourth-order valence-electron chi connectivity index (χ4n) is 7.04. The number of hydrogen-bond acceptors (Lipinski definition) is 10. The first kappa shape index (κ1) is 37.1. The van der Waals surface area contributed by atoms with E-state index in [0.29, 0.717) is 56.6 Å². The van der Waals surface area contributed by atoms with Gasteiger partial charge in [-0.25, -0.2) is 9.97 Å². The number of rotatable bonds is 11. The van der Waals surface area contributed by atoms with Crippen molar-refractivity contribution >= 4 is 68.6 Å². The monoisotopic (exact) mass is 782 g/mol. The molecule has 0 bridgehead atoms. The van der Waals surface area contributed by atoms with Crippen molar-refractivity contribution in [3.63, 3.8) is 0 Å². The van der Waals surface area contributed by atoms with Crippen LogP contribution in [0.15, 0.2) is 90.1 Å². The van der Waals surface area contributed by atoms with E-state index in [-0.39, 0.29) is 42.5 Å². The maximum absolute atomic E-state index is 13.5. The van der Waals surface area contributed by atoms with Gasteiger partial charge in [-0.2, -0.15) is 0 Å². The van der Waals surface area contributed by atoms with Crippen molar-refractivity contribution in [2.24, 2.45) is 17.8 Å². The lowest BCUT2D eigenvalue weighted by Crippen LogP contribution is -2.43. The van der Waals surface area contributed by atoms with Crippen LogP contribution in [0.3, 0.4) is 0 Å². The van der Waals surface area contributed by atoms with Gasteiger partial charge < -0.3 is 35.3 Å². The number of aryl methyl sites for hydroxylation is 1. The maximum Gasteiger partial charge on any atom is 0.291 e. The molecule has 288 valence electrons. The molecule has 2 aliphatic rings. The molecule has 1 atom stereocenters. The van der Waals surface area contributed by atoms with Crippen LogP contribution in [0.2, 0.25) is 0 Å². The molecule has 0 saturated carbocycles. The Hall–Kier alpha value is -6.87. The summed E-state index contributed by atoms with van der Waals surface area (Å²) < 4.78 is 14.2. The van der Waals surface area contributed by atoms with Crippen molar-refractivity contribution in [2.45, 2.75) is 38.3 Å². The molecule has 8 rings (SSSR count). The van der Waals surface area contributed by atoms with Gasteiger partial charge in [0.25, 0.3) is 11.8 Å². The highest BCUT2D eigenvalue weighted by Gasteiger charge is 2.31. The van der Waals surface area contributed by atoms with E-state index in [1.807, 2.05) is 47.5 Å². The summed E-state index contributed by atoms with van der Waals surface area (Å²) in [5.74, 6) is -0.171. The van der Waals surface area contributed by atoms with E-state index in [1.54, 1.807) is 55.7 Å². The number of primary amides is 1. The predicted molar refractivity (Wildman–Crippen MR) is 218 cm³/mol. The number of thiazole rings is 1. The first-order valence-corrected chi connectivity index (χ1v) is 19.2. The molecule has 2 aromatic heterocycles. The normalized spacial score (nSPS) is 14.7. The highest BCUT2D eigenvalue weighted by atomic mass is 32.1. The Kier molecular flexibility index (Phi) is 10.2. The average molecular weight is 783 g/mol. The Morgan fingerprint density at radius 2 is 1.77 bits per heavy atom. The quantitative estimate of drug-likeness (QED) is 0.133. The summed E-state index contributed by atoms with van der Waals surface area (Å²) in [6, 6.07) is 23.3. The van der Waals surface area contributed by atoms with E-state index in [1.165, 1.54) is 23.0 Å². The van der Waals surface area contributed by atoms with Gasteiger partial charge >= 0.3 is 0 Å². The fourth-order valence-corrected chi connectivity index (χ4v) is 8.02. The molecule has 0 aliphatic carbocycles. The van der Waals surface area contributed by atoms with Crippen LogP contribution < -0.4 is 25.8 Å². The average Bonchev–Trinajstić information content (AvgIpc) is 3.77. The third-order valence-corrected chi connectivity index (χ3v) is 11.0. The van der Waals surface area contributed by atoms with Crippen LogP contribution in [-0.4, -0.2) is 69.0 Å². The number of fused-ring (bicyclic) bond motifs is 3. The number of imidazole rings is 1. The Labute approximate surface area is 331 Å². The van der Waals surface area contributed by atoms with E-state index >= 15 is 0 Å². The lowest BCUT2D eigenvalue weighted by molar-refractivity contribution is -0.115. The first-order chi connectivity index (χ1) is 27.6. The molecule has 57 heavy (non-hydrogen) atoms. The van der Waals surface area contributed by atoms with Crippen molar-refractivity contribution in [3.8, 4) is 22.1 Å². The molecule has 0 radical (unpaired) electrons. The number of aromatic nitrogens is 3. The Morgan fingerprint density at radius 1 is 0.930 bits per heavy atom. The third-order valence-electron chi connectivity index (χ3n) is 9.88. The SMILES string of the molecule is COc1cc2c(cc1OCc1cccc(CC(=O)Nc3cn(C)c(C(=O)Nc4ccccc4-c4nc5cc(C(N)=O)ccc5s4)n3)c1)N=C[C@@H]1CCCCN1C2=O. The molecule has 2 aliphatic heterocycles. The number of methoxy groups -OCH3 is 1. The number of nitrogens with zero attached hydrogens (tertiary/aromatic N) is 5. The van der Waals surface area contributed by atoms with Crippen LogP contribution in [0.1, 0.15) is 61.7 Å². The van der Waals surface area contributed by atoms with Gasteiger partial charge in [0.05, 0.1) is 46.7 Å². The van der Waals surface area contributed by atoms with E-state index in [4.69, 9.17) is 15.2 Å². The van der Waals surface area contributed by atoms with Gasteiger partial charge in [-0.1, -0.05) is 36.4 Å². The molecule has 0 spiro atoms. The van der Waals surface area contributed by atoms with Gasteiger partial charge in [0.15, 0.2) is 17.3 Å². The summed E-state index contributed by atoms with van der Waals surface area (Å²) in [5.41, 5.74) is 10.3. The first-order valence-electron chi connectivity index (χ1n) is 18.4. The van der Waals surface area contributed by atoms with E-state index in [2.05, 4.69) is 25.6 Å². The van der Waals surface area contributed by atoms with Crippen molar-refractivity contribution in [1.82, 2.24) is 19.4 Å². The second-order valence-corrected chi connectivity index (χ2v) is 14.9. The zero-order valence-corrected chi connectivity index (χ0v) is 32.0. The lowest BCUT2D eigenvalue weighted by atomic mass is 10.0. The van der Waals surface area contributed by atoms with Crippen LogP contribution in [0, 0.1) is 0 Å². The molecule has 4 heterocycles. The molecule has 14 nitrogen and oxygen atoms in total. The highest BCUT2D eigenvalue weighted by Crippen LogP contribution is 2.39. The second kappa shape index (κ2) is 15.7. The molecule has 6 aromatic rings. The van der Waals surface area contributed by atoms with E-state index in [0.717, 1.165) is 35.1 Å². The van der Waals surface area contributed by atoms with Gasteiger partial charge in [-0.15, -0.1) is 11.3 Å². The Morgan fingerprint density at radius 3 is 2.61 bits per heavy atom. The summed E-state index contributed by atoms with van der Waals surface area (Å²) in [5, 5.41) is 6.38. The van der Waals surface area contributed by atoms with Gasteiger partial charge in [0, 0.05) is 43.2 Å². The molecule has 4 amide bonds. The van der Waals surface area contributed by atoms with E-state index in [9.17, 15) is 19.2 Å². The van der Waals surface area contributed by atoms with E-state index < -0.39 is 11.8 Å². The molecular weight excluding hydrogens is 745 g/mol. The molecule has 1 saturated heterocycles. The summed E-state index contributed by atoms with van der Waals surface area (Å²) in [6.07, 6.45) is 6.41. The molecule has 4 aromatic carbocycles. The van der Waals surface area contributed by atoms with Gasteiger partial charge in [-0.3, -0.25) is 24.2 Å². The number of aliphatic imine (C=N–C) groups is 1. The zero-order chi connectivity index (χ0) is 39.6. The number of piperidine rings is 1. The molecule has 15 heteroatoms. The minimum atomic E-state index is -0.536. The number of ether oxygens (including phenoxy) is 2. The number of carbonyl (C=O) groups excluding carboxylic acids is 4. The standard InChI is InChI=1S/C42H38N8O6S/c1-49-22-36(48-39(49)40(53)45-30-12-4-3-11-28(30)41-46-32-18-26(38(43)52)13-14-35(32)57-41)47-37(51)17-24-8-7-9-25(16-24)23-56-34-20-31-29(19-33(34)55-2)42(54)50-15-6-5-10-27(50)21-44-31/h3-4,7-9,11-14,16,18-22,27H,5-6,10,15,17,23H2,1-2H3,(H2,43,52)(H,45,53)(H,47,51)/t27-/m0/s1. The molecular formula is C42H38N8O6S. The number of nitrogens with one attached hydrogen (secondary N) is 2. The second-order valence-electron chi connectivity index (χ2n) is 13.8. The Balaban J connectivity index is 0.907. The topological polar surface area (TPSA) is 183 Å². The van der Waals surface area contributed by atoms with Gasteiger partial charge in [-0.05, 0) is 66.8 Å². The minimum Gasteiger partial charge on any atom is -0.493 e. The number of carbonyl (C=O) groups is 4. The Bertz CT molecular complexity index is 2600. The largest absolute Gasteiger partial charge is 0.493 e. The van der Waals surface area contributed by atoms with Crippen LogP contribution in [0.25, 0.3) is 20.8 Å².